The molecule has 0 spiro atoms. The van der Waals surface area contributed by atoms with E-state index in [1.54, 1.807) is 4.90 Å². The summed E-state index contributed by atoms with van der Waals surface area (Å²) in [6.07, 6.45) is 0. The Balaban J connectivity index is 2.50. The number of anilines is 1. The third-order valence-electron chi connectivity index (χ3n) is 2.82. The van der Waals surface area contributed by atoms with Gasteiger partial charge in [-0.15, -0.1) is 0 Å². The first-order chi connectivity index (χ1) is 9.21. The molecule has 3 N–H and O–H groups in total. The van der Waals surface area contributed by atoms with Crippen molar-refractivity contribution in [2.45, 2.75) is 20.4 Å². The Kier molecular flexibility index (Phi) is 6.92. The lowest BCUT2D eigenvalue weighted by Crippen LogP contribution is -2.37. The molecule has 1 rings (SSSR count). The second kappa shape index (κ2) is 8.50. The van der Waals surface area contributed by atoms with E-state index in [9.17, 15) is 4.79 Å². The maximum atomic E-state index is 12.0. The number of hydrogen-bond acceptors (Lipinski definition) is 3. The van der Waals surface area contributed by atoms with Crippen molar-refractivity contribution in [1.29, 1.82) is 0 Å². The molecule has 2 amide bonds. The summed E-state index contributed by atoms with van der Waals surface area (Å²) in [4.78, 5) is 13.7. The number of amides is 2. The zero-order chi connectivity index (χ0) is 14.1. The van der Waals surface area contributed by atoms with Crippen LogP contribution in [0.4, 0.5) is 10.5 Å². The van der Waals surface area contributed by atoms with Crippen molar-refractivity contribution >= 4 is 11.7 Å². The summed E-state index contributed by atoms with van der Waals surface area (Å²) in [5.74, 6) is 0. The first-order valence-corrected chi connectivity index (χ1v) is 6.63. The van der Waals surface area contributed by atoms with Gasteiger partial charge in [0.05, 0.1) is 6.61 Å². The first kappa shape index (κ1) is 15.5. The third-order valence-corrected chi connectivity index (χ3v) is 2.82. The van der Waals surface area contributed by atoms with Crippen molar-refractivity contribution in [2.24, 2.45) is 5.73 Å². The molecular weight excluding hydrogens is 242 g/mol. The van der Waals surface area contributed by atoms with Gasteiger partial charge in [-0.05, 0) is 31.5 Å². The van der Waals surface area contributed by atoms with Gasteiger partial charge in [0.1, 0.15) is 0 Å². The molecule has 5 nitrogen and oxygen atoms in total. The van der Waals surface area contributed by atoms with E-state index in [4.69, 9.17) is 10.5 Å². The highest BCUT2D eigenvalue weighted by molar-refractivity contribution is 5.89. The lowest BCUT2D eigenvalue weighted by atomic mass is 10.2. The fourth-order valence-corrected chi connectivity index (χ4v) is 1.65. The van der Waals surface area contributed by atoms with Crippen LogP contribution in [0.5, 0.6) is 0 Å². The van der Waals surface area contributed by atoms with Crippen molar-refractivity contribution < 1.29 is 9.53 Å². The molecule has 1 aromatic rings. The Bertz CT molecular complexity index is 379. The number of benzene rings is 1. The van der Waals surface area contributed by atoms with E-state index in [1.807, 2.05) is 38.1 Å². The molecule has 0 radical (unpaired) electrons. The van der Waals surface area contributed by atoms with E-state index in [2.05, 4.69) is 5.32 Å². The van der Waals surface area contributed by atoms with Crippen molar-refractivity contribution in [3.8, 4) is 0 Å². The van der Waals surface area contributed by atoms with Crippen LogP contribution in [0.3, 0.4) is 0 Å². The van der Waals surface area contributed by atoms with Crippen LogP contribution in [0.15, 0.2) is 24.3 Å². The van der Waals surface area contributed by atoms with Gasteiger partial charge in [0.25, 0.3) is 0 Å². The average Bonchev–Trinajstić information content (AvgIpc) is 2.44. The smallest absolute Gasteiger partial charge is 0.321 e. The molecular formula is C14H23N3O2. The Labute approximate surface area is 114 Å². The molecule has 0 aliphatic heterocycles. The quantitative estimate of drug-likeness (QED) is 0.741. The SMILES string of the molecule is CCOCCN(CC)C(=O)Nc1ccc(CN)cc1. The Hall–Kier alpha value is -1.59. The number of hydrogen-bond donors (Lipinski definition) is 2. The van der Waals surface area contributed by atoms with Gasteiger partial charge < -0.3 is 20.7 Å². The minimum atomic E-state index is -0.109. The molecule has 0 unspecified atom stereocenters. The van der Waals surface area contributed by atoms with Crippen LogP contribution in [0.1, 0.15) is 19.4 Å². The minimum Gasteiger partial charge on any atom is -0.380 e. The monoisotopic (exact) mass is 265 g/mol. The number of nitrogens with two attached hydrogens (primary N) is 1. The van der Waals surface area contributed by atoms with Gasteiger partial charge in [0, 0.05) is 31.9 Å². The van der Waals surface area contributed by atoms with Crippen molar-refractivity contribution in [3.05, 3.63) is 29.8 Å². The maximum Gasteiger partial charge on any atom is 0.321 e. The summed E-state index contributed by atoms with van der Waals surface area (Å²) < 4.78 is 5.26. The van der Waals surface area contributed by atoms with Gasteiger partial charge in [0.2, 0.25) is 0 Å². The number of carbonyl (C=O) groups excluding carboxylic acids is 1. The first-order valence-electron chi connectivity index (χ1n) is 6.63. The van der Waals surface area contributed by atoms with Crippen LogP contribution < -0.4 is 11.1 Å². The number of rotatable bonds is 7. The molecule has 0 aliphatic carbocycles. The number of nitrogens with zero attached hydrogens (tertiary/aromatic N) is 1. The molecule has 0 aromatic heterocycles. The molecule has 5 heteroatoms. The van der Waals surface area contributed by atoms with Crippen molar-refractivity contribution in [2.75, 3.05) is 31.6 Å². The van der Waals surface area contributed by atoms with Crippen LogP contribution in [0, 0.1) is 0 Å². The summed E-state index contributed by atoms with van der Waals surface area (Å²) in [5, 5.41) is 2.86. The van der Waals surface area contributed by atoms with Crippen LogP contribution in [0.25, 0.3) is 0 Å². The van der Waals surface area contributed by atoms with Gasteiger partial charge in [-0.25, -0.2) is 4.79 Å². The van der Waals surface area contributed by atoms with Gasteiger partial charge in [-0.2, -0.15) is 0 Å². The van der Waals surface area contributed by atoms with E-state index in [0.717, 1.165) is 11.3 Å². The Morgan fingerprint density at radius 1 is 1.32 bits per heavy atom. The molecule has 0 saturated heterocycles. The third kappa shape index (κ3) is 5.28. The summed E-state index contributed by atoms with van der Waals surface area (Å²) in [6, 6.07) is 7.42. The molecule has 0 atom stereocenters. The summed E-state index contributed by atoms with van der Waals surface area (Å²) in [5.41, 5.74) is 7.35. The largest absolute Gasteiger partial charge is 0.380 e. The molecule has 0 saturated carbocycles. The number of ether oxygens (including phenoxy) is 1. The lowest BCUT2D eigenvalue weighted by Gasteiger charge is -2.21. The highest BCUT2D eigenvalue weighted by Crippen LogP contribution is 2.10. The minimum absolute atomic E-state index is 0.109. The molecule has 1 aromatic carbocycles. The lowest BCUT2D eigenvalue weighted by molar-refractivity contribution is 0.123. The number of urea groups is 1. The maximum absolute atomic E-state index is 12.0. The van der Waals surface area contributed by atoms with Gasteiger partial charge in [-0.3, -0.25) is 0 Å². The average molecular weight is 265 g/mol. The predicted octanol–water partition coefficient (Wildman–Crippen LogP) is 2.04. The highest BCUT2D eigenvalue weighted by Gasteiger charge is 2.11. The standard InChI is InChI=1S/C14H23N3O2/c1-3-17(9-10-19-4-2)14(18)16-13-7-5-12(11-15)6-8-13/h5-8H,3-4,9-11,15H2,1-2H3,(H,16,18). The second-order valence-corrected chi connectivity index (χ2v) is 4.11. The van der Waals surface area contributed by atoms with E-state index < -0.39 is 0 Å². The van der Waals surface area contributed by atoms with Crippen LogP contribution in [0.2, 0.25) is 0 Å². The van der Waals surface area contributed by atoms with Crippen molar-refractivity contribution in [1.82, 2.24) is 4.90 Å². The second-order valence-electron chi connectivity index (χ2n) is 4.11. The van der Waals surface area contributed by atoms with Crippen LogP contribution in [-0.2, 0) is 11.3 Å². The molecule has 0 fully saturated rings. The summed E-state index contributed by atoms with van der Waals surface area (Å²) in [7, 11) is 0. The van der Waals surface area contributed by atoms with Crippen LogP contribution >= 0.6 is 0 Å². The summed E-state index contributed by atoms with van der Waals surface area (Å²) in [6.45, 7) is 6.86. The molecule has 0 aliphatic rings. The van der Waals surface area contributed by atoms with E-state index in [0.29, 0.717) is 32.8 Å². The zero-order valence-electron chi connectivity index (χ0n) is 11.7. The number of carbonyl (C=O) groups is 1. The Morgan fingerprint density at radius 2 is 2.00 bits per heavy atom. The van der Waals surface area contributed by atoms with Crippen LogP contribution in [-0.4, -0.2) is 37.2 Å². The molecule has 0 bridgehead atoms. The van der Waals surface area contributed by atoms with E-state index in [-0.39, 0.29) is 6.03 Å². The Morgan fingerprint density at radius 3 is 2.53 bits per heavy atom. The number of nitrogens with one attached hydrogen (secondary N) is 1. The molecule has 19 heavy (non-hydrogen) atoms. The van der Waals surface area contributed by atoms with Gasteiger partial charge >= 0.3 is 6.03 Å². The van der Waals surface area contributed by atoms with Gasteiger partial charge in [0.15, 0.2) is 0 Å². The van der Waals surface area contributed by atoms with Crippen molar-refractivity contribution in [3.63, 3.8) is 0 Å². The molecule has 0 heterocycles. The topological polar surface area (TPSA) is 67.6 Å². The fraction of sp³-hybridized carbons (Fsp3) is 0.500. The summed E-state index contributed by atoms with van der Waals surface area (Å²) >= 11 is 0. The fourth-order valence-electron chi connectivity index (χ4n) is 1.65. The van der Waals surface area contributed by atoms with E-state index in [1.165, 1.54) is 0 Å². The number of likely N-dealkylation sites (N-methyl/N-ethyl adjacent to an activating group) is 1. The van der Waals surface area contributed by atoms with Gasteiger partial charge in [-0.1, -0.05) is 12.1 Å². The molecule has 106 valence electrons. The normalized spacial score (nSPS) is 10.3. The van der Waals surface area contributed by atoms with E-state index >= 15 is 0 Å². The highest BCUT2D eigenvalue weighted by atomic mass is 16.5. The zero-order valence-corrected chi connectivity index (χ0v) is 11.7. The predicted molar refractivity (Wildman–Crippen MR) is 77.1 cm³/mol.